The molecule has 1 fully saturated rings. The van der Waals surface area contributed by atoms with E-state index in [0.717, 1.165) is 0 Å². The van der Waals surface area contributed by atoms with Crippen LogP contribution in [0.2, 0.25) is 0 Å². The Kier molecular flexibility index (Phi) is 3.47. The van der Waals surface area contributed by atoms with Crippen LogP contribution < -0.4 is 5.32 Å². The van der Waals surface area contributed by atoms with Gasteiger partial charge in [-0.3, -0.25) is 9.59 Å². The van der Waals surface area contributed by atoms with E-state index in [4.69, 9.17) is 11.6 Å². The monoisotopic (exact) mass is 261 g/mol. The van der Waals surface area contributed by atoms with Crippen LogP contribution in [-0.2, 0) is 9.59 Å². The molecule has 1 rings (SSSR count). The molecule has 0 aromatic heterocycles. The molecule has 0 aromatic carbocycles. The fourth-order valence-electron chi connectivity index (χ4n) is 1.13. The van der Waals surface area contributed by atoms with Crippen LogP contribution in [0.15, 0.2) is 0 Å². The Balaban J connectivity index is 2.69. The fourth-order valence-corrected chi connectivity index (χ4v) is 1.38. The zero-order valence-corrected chi connectivity index (χ0v) is 8.66. The normalized spacial score (nSPS) is 18.4. The number of halogens is 5. The second kappa shape index (κ2) is 4.20. The maximum atomic E-state index is 12.6. The van der Waals surface area contributed by atoms with Crippen LogP contribution in [0.25, 0.3) is 0 Å². The number of rotatable bonds is 5. The lowest BCUT2D eigenvalue weighted by Gasteiger charge is -2.19. The minimum Gasteiger partial charge on any atom is -0.338 e. The maximum Gasteiger partial charge on any atom is 0.383 e. The molecule has 1 aliphatic rings. The van der Waals surface area contributed by atoms with Gasteiger partial charge in [0, 0.05) is 0 Å². The SMILES string of the molecule is O=C(CCl)C1(NC(=O)C(F)(F)C(F)F)CC1. The van der Waals surface area contributed by atoms with Gasteiger partial charge in [0.1, 0.15) is 5.54 Å². The minimum absolute atomic E-state index is 0.142. The predicted octanol–water partition coefficient (Wildman–Crippen LogP) is 1.34. The van der Waals surface area contributed by atoms with Gasteiger partial charge in [0.2, 0.25) is 0 Å². The maximum absolute atomic E-state index is 12.6. The van der Waals surface area contributed by atoms with Crippen LogP contribution in [0, 0.1) is 0 Å². The molecule has 0 unspecified atom stereocenters. The zero-order chi connectivity index (χ0) is 12.6. The van der Waals surface area contributed by atoms with Crippen molar-refractivity contribution >= 4 is 23.3 Å². The van der Waals surface area contributed by atoms with Gasteiger partial charge >= 0.3 is 12.3 Å². The molecule has 16 heavy (non-hydrogen) atoms. The Bertz CT molecular complexity index is 317. The molecule has 0 atom stereocenters. The minimum atomic E-state index is -4.79. The molecule has 3 nitrogen and oxygen atoms in total. The predicted molar refractivity (Wildman–Crippen MR) is 46.8 cm³/mol. The number of hydrogen-bond acceptors (Lipinski definition) is 2. The number of carbonyl (C=O) groups excluding carboxylic acids is 2. The smallest absolute Gasteiger partial charge is 0.338 e. The van der Waals surface area contributed by atoms with E-state index < -0.39 is 35.5 Å². The lowest BCUT2D eigenvalue weighted by Crippen LogP contribution is -2.53. The summed E-state index contributed by atoms with van der Waals surface area (Å²) in [6.45, 7) is 0. The van der Waals surface area contributed by atoms with E-state index in [0.29, 0.717) is 0 Å². The molecule has 92 valence electrons. The summed E-state index contributed by atoms with van der Waals surface area (Å²) in [6.07, 6.45) is -3.82. The summed E-state index contributed by atoms with van der Waals surface area (Å²) in [6, 6.07) is 0. The van der Waals surface area contributed by atoms with Gasteiger partial charge < -0.3 is 5.32 Å². The molecule has 0 aromatic rings. The van der Waals surface area contributed by atoms with Crippen LogP contribution in [0.4, 0.5) is 17.6 Å². The van der Waals surface area contributed by atoms with E-state index in [-0.39, 0.29) is 12.8 Å². The van der Waals surface area contributed by atoms with Gasteiger partial charge in [0.15, 0.2) is 5.78 Å². The summed E-state index contributed by atoms with van der Waals surface area (Å²) in [7, 11) is 0. The second-order valence-corrected chi connectivity index (χ2v) is 3.78. The summed E-state index contributed by atoms with van der Waals surface area (Å²) in [5.41, 5.74) is -1.46. The van der Waals surface area contributed by atoms with Gasteiger partial charge in [-0.05, 0) is 12.8 Å². The third-order valence-electron chi connectivity index (χ3n) is 2.33. The lowest BCUT2D eigenvalue weighted by molar-refractivity contribution is -0.170. The van der Waals surface area contributed by atoms with E-state index >= 15 is 0 Å². The molecule has 1 aliphatic carbocycles. The average molecular weight is 262 g/mol. The Morgan fingerprint density at radius 2 is 1.88 bits per heavy atom. The summed E-state index contributed by atoms with van der Waals surface area (Å²) < 4.78 is 48.8. The number of alkyl halides is 5. The van der Waals surface area contributed by atoms with Gasteiger partial charge in [-0.15, -0.1) is 11.6 Å². The van der Waals surface area contributed by atoms with Crippen LogP contribution in [0.5, 0.6) is 0 Å². The number of carbonyl (C=O) groups is 2. The van der Waals surface area contributed by atoms with Crippen molar-refractivity contribution in [3.8, 4) is 0 Å². The molecule has 8 heteroatoms. The average Bonchev–Trinajstić information content (AvgIpc) is 2.97. The molecule has 0 aliphatic heterocycles. The first kappa shape index (κ1) is 13.2. The largest absolute Gasteiger partial charge is 0.383 e. The summed E-state index contributed by atoms with van der Waals surface area (Å²) in [5, 5.41) is 1.64. The lowest BCUT2D eigenvalue weighted by atomic mass is 10.1. The van der Waals surface area contributed by atoms with Gasteiger partial charge in [-0.2, -0.15) is 8.78 Å². The molecule has 0 saturated heterocycles. The van der Waals surface area contributed by atoms with Crippen molar-refractivity contribution in [1.82, 2.24) is 5.32 Å². The molecule has 1 saturated carbocycles. The van der Waals surface area contributed by atoms with E-state index in [1.807, 2.05) is 0 Å². The van der Waals surface area contributed by atoms with E-state index in [1.165, 1.54) is 0 Å². The van der Waals surface area contributed by atoms with Crippen molar-refractivity contribution in [3.05, 3.63) is 0 Å². The van der Waals surface area contributed by atoms with Crippen LogP contribution in [-0.4, -0.2) is 35.5 Å². The summed E-state index contributed by atoms with van der Waals surface area (Å²) >= 11 is 5.20. The number of hydrogen-bond donors (Lipinski definition) is 1. The highest BCUT2D eigenvalue weighted by Crippen LogP contribution is 2.38. The molecule has 0 spiro atoms. The van der Waals surface area contributed by atoms with Gasteiger partial charge in [0.25, 0.3) is 5.91 Å². The van der Waals surface area contributed by atoms with Crippen LogP contribution >= 0.6 is 11.6 Å². The molecule has 1 N–H and O–H groups in total. The Morgan fingerprint density at radius 3 is 2.19 bits per heavy atom. The highest BCUT2D eigenvalue weighted by Gasteiger charge is 2.56. The number of Topliss-reactive ketones (excluding diaryl/α,β-unsaturated/α-hetero) is 1. The first-order valence-corrected chi connectivity index (χ1v) is 4.87. The van der Waals surface area contributed by atoms with E-state index in [2.05, 4.69) is 0 Å². The van der Waals surface area contributed by atoms with E-state index in [9.17, 15) is 27.2 Å². The van der Waals surface area contributed by atoms with Crippen molar-refractivity contribution < 1.29 is 27.2 Å². The molecule has 0 bridgehead atoms. The molecule has 0 radical (unpaired) electrons. The number of nitrogens with one attached hydrogen (secondary N) is 1. The van der Waals surface area contributed by atoms with Gasteiger partial charge in [-0.25, -0.2) is 8.78 Å². The van der Waals surface area contributed by atoms with Crippen molar-refractivity contribution in [2.24, 2.45) is 0 Å². The van der Waals surface area contributed by atoms with Crippen molar-refractivity contribution in [2.75, 3.05) is 5.88 Å². The Hall–Kier alpha value is -0.850. The third-order valence-corrected chi connectivity index (χ3v) is 2.58. The summed E-state index contributed by atoms with van der Waals surface area (Å²) in [5.74, 6) is -8.03. The number of ketones is 1. The highest BCUT2D eigenvalue weighted by molar-refractivity contribution is 6.29. The Labute approximate surface area is 93.1 Å². The van der Waals surface area contributed by atoms with E-state index in [1.54, 1.807) is 5.32 Å². The van der Waals surface area contributed by atoms with Crippen molar-refractivity contribution in [2.45, 2.75) is 30.7 Å². The highest BCUT2D eigenvalue weighted by atomic mass is 35.5. The molecular weight excluding hydrogens is 254 g/mol. The fraction of sp³-hybridized carbons (Fsp3) is 0.750. The van der Waals surface area contributed by atoms with Crippen LogP contribution in [0.1, 0.15) is 12.8 Å². The first-order valence-electron chi connectivity index (χ1n) is 4.34. The number of amides is 1. The third kappa shape index (κ3) is 2.28. The summed E-state index contributed by atoms with van der Waals surface area (Å²) in [4.78, 5) is 22.0. The standard InChI is InChI=1S/C8H8ClF4NO2/c9-3-4(15)7(1-2-7)14-6(16)8(12,13)5(10)11/h5H,1-3H2,(H,14,16). The van der Waals surface area contributed by atoms with Gasteiger partial charge in [0.05, 0.1) is 5.88 Å². The van der Waals surface area contributed by atoms with Crippen molar-refractivity contribution in [1.29, 1.82) is 0 Å². The zero-order valence-electron chi connectivity index (χ0n) is 7.90. The second-order valence-electron chi connectivity index (χ2n) is 3.52. The molecule has 1 amide bonds. The first-order chi connectivity index (χ1) is 7.26. The molecular formula is C8H8ClF4NO2. The quantitative estimate of drug-likeness (QED) is 0.600. The van der Waals surface area contributed by atoms with Crippen molar-refractivity contribution in [3.63, 3.8) is 0 Å². The topological polar surface area (TPSA) is 46.2 Å². The van der Waals surface area contributed by atoms with Gasteiger partial charge in [-0.1, -0.05) is 0 Å². The Morgan fingerprint density at radius 1 is 1.38 bits per heavy atom. The van der Waals surface area contributed by atoms with Crippen LogP contribution in [0.3, 0.4) is 0 Å². The molecule has 0 heterocycles.